The van der Waals surface area contributed by atoms with Gasteiger partial charge in [0.25, 0.3) is 5.78 Å². The van der Waals surface area contributed by atoms with Crippen LogP contribution >= 0.6 is 0 Å². The number of Topliss-reactive ketones (excluding diaryl/α,β-unsaturated/α-hetero) is 1. The zero-order valence-corrected chi connectivity index (χ0v) is 20.0. The highest BCUT2D eigenvalue weighted by Gasteiger charge is 2.37. The average molecular weight is 437 g/mol. The highest BCUT2D eigenvalue weighted by molar-refractivity contribution is 6.41. The van der Waals surface area contributed by atoms with E-state index in [-0.39, 0.29) is 16.6 Å². The number of hydrogen-bond donors (Lipinski definition) is 0. The van der Waals surface area contributed by atoms with Gasteiger partial charge in [-0.2, -0.15) is 0 Å². The number of fused-ring (bicyclic) bond motifs is 1. The molecule has 0 amide bonds. The summed E-state index contributed by atoms with van der Waals surface area (Å²) < 4.78 is 10.6. The van der Waals surface area contributed by atoms with Crippen LogP contribution in [0.2, 0.25) is 0 Å². The van der Waals surface area contributed by atoms with Crippen LogP contribution in [0.3, 0.4) is 0 Å². The van der Waals surface area contributed by atoms with Crippen LogP contribution in [0.25, 0.3) is 0 Å². The van der Waals surface area contributed by atoms with Crippen molar-refractivity contribution in [1.29, 1.82) is 0 Å². The summed E-state index contributed by atoms with van der Waals surface area (Å²) in [5, 5.41) is 0. The van der Waals surface area contributed by atoms with Crippen LogP contribution in [0.15, 0.2) is 42.5 Å². The first-order valence-electron chi connectivity index (χ1n) is 10.9. The number of hydrogen-bond acceptors (Lipinski definition) is 5. The maximum atomic E-state index is 12.8. The summed E-state index contributed by atoms with van der Waals surface area (Å²) in [4.78, 5) is 37.4. The zero-order valence-electron chi connectivity index (χ0n) is 20.0. The maximum Gasteiger partial charge on any atom is 0.385 e. The molecule has 5 heteroatoms. The first-order chi connectivity index (χ1) is 14.7. The molecule has 0 unspecified atom stereocenters. The zero-order chi connectivity index (χ0) is 23.9. The van der Waals surface area contributed by atoms with E-state index >= 15 is 0 Å². The number of carbonyl (C=O) groups excluding carboxylic acids is 3. The summed E-state index contributed by atoms with van der Waals surface area (Å²) in [5.74, 6) is -1.92. The van der Waals surface area contributed by atoms with Gasteiger partial charge in [-0.3, -0.25) is 4.79 Å². The van der Waals surface area contributed by atoms with Crippen LogP contribution in [0.4, 0.5) is 0 Å². The van der Waals surface area contributed by atoms with Crippen molar-refractivity contribution in [2.24, 2.45) is 0 Å². The van der Waals surface area contributed by atoms with E-state index in [2.05, 4.69) is 27.7 Å². The predicted molar refractivity (Wildman–Crippen MR) is 123 cm³/mol. The van der Waals surface area contributed by atoms with Gasteiger partial charge in [-0.05, 0) is 85.9 Å². The lowest BCUT2D eigenvalue weighted by Crippen LogP contribution is -2.34. The van der Waals surface area contributed by atoms with E-state index in [1.54, 1.807) is 26.8 Å². The fourth-order valence-electron chi connectivity index (χ4n) is 4.00. The fraction of sp³-hybridized carbons (Fsp3) is 0.444. The average Bonchev–Trinajstić information content (AvgIpc) is 2.70. The Bertz CT molecular complexity index is 1050. The van der Waals surface area contributed by atoms with Gasteiger partial charge in [0.15, 0.2) is 0 Å². The third-order valence-electron chi connectivity index (χ3n) is 6.00. The number of rotatable bonds is 4. The fourth-order valence-corrected chi connectivity index (χ4v) is 4.00. The van der Waals surface area contributed by atoms with E-state index in [0.717, 1.165) is 18.4 Å². The van der Waals surface area contributed by atoms with E-state index < -0.39 is 23.3 Å². The van der Waals surface area contributed by atoms with Crippen molar-refractivity contribution in [2.45, 2.75) is 77.7 Å². The minimum atomic E-state index is -0.956. The maximum absolute atomic E-state index is 12.8. The van der Waals surface area contributed by atoms with Crippen molar-refractivity contribution >= 4 is 17.7 Å². The molecule has 1 aliphatic rings. The third-order valence-corrected chi connectivity index (χ3v) is 6.00. The Morgan fingerprint density at radius 3 is 1.88 bits per heavy atom. The molecule has 0 fully saturated rings. The van der Waals surface area contributed by atoms with Crippen molar-refractivity contribution < 1.29 is 23.9 Å². The van der Waals surface area contributed by atoms with E-state index in [1.165, 1.54) is 29.8 Å². The topological polar surface area (TPSA) is 69.7 Å². The monoisotopic (exact) mass is 436 g/mol. The van der Waals surface area contributed by atoms with E-state index in [4.69, 9.17) is 9.47 Å². The molecule has 170 valence electrons. The highest BCUT2D eigenvalue weighted by Crippen LogP contribution is 2.45. The summed E-state index contributed by atoms with van der Waals surface area (Å²) in [7, 11) is 0. The number of ketones is 1. The Balaban J connectivity index is 1.76. The number of ether oxygens (including phenoxy) is 2. The second-order valence-corrected chi connectivity index (χ2v) is 10.8. The molecule has 0 spiro atoms. The van der Waals surface area contributed by atoms with E-state index in [1.807, 2.05) is 12.1 Å². The molecule has 2 aromatic carbocycles. The molecule has 0 aromatic heterocycles. The minimum absolute atomic E-state index is 0.0306. The molecule has 0 aliphatic heterocycles. The van der Waals surface area contributed by atoms with Crippen molar-refractivity contribution in [2.75, 3.05) is 0 Å². The van der Waals surface area contributed by atoms with Gasteiger partial charge in [-0.1, -0.05) is 39.8 Å². The largest absolute Gasteiger partial charge is 0.456 e. The van der Waals surface area contributed by atoms with Crippen LogP contribution < -0.4 is 4.74 Å². The van der Waals surface area contributed by atoms with Crippen LogP contribution in [0.1, 0.15) is 93.2 Å². The Morgan fingerprint density at radius 1 is 0.781 bits per heavy atom. The molecule has 0 N–H and O–H groups in total. The lowest BCUT2D eigenvalue weighted by molar-refractivity contribution is -0.129. The molecule has 1 aliphatic carbocycles. The van der Waals surface area contributed by atoms with Crippen molar-refractivity contribution in [3.63, 3.8) is 0 Å². The van der Waals surface area contributed by atoms with E-state index in [9.17, 15) is 14.4 Å². The molecule has 3 rings (SSSR count). The normalized spacial score (nSPS) is 16.6. The van der Waals surface area contributed by atoms with Crippen LogP contribution in [0.5, 0.6) is 5.75 Å². The molecule has 0 saturated heterocycles. The Hall–Kier alpha value is -2.95. The van der Waals surface area contributed by atoms with Gasteiger partial charge in [-0.25, -0.2) is 9.59 Å². The first-order valence-corrected chi connectivity index (χ1v) is 10.9. The van der Waals surface area contributed by atoms with Crippen molar-refractivity contribution in [1.82, 2.24) is 0 Å². The van der Waals surface area contributed by atoms with Crippen LogP contribution in [-0.2, 0) is 20.4 Å². The molecule has 0 atom stereocenters. The van der Waals surface area contributed by atoms with Gasteiger partial charge in [-0.15, -0.1) is 0 Å². The molecule has 0 heterocycles. The summed E-state index contributed by atoms with van der Waals surface area (Å²) in [6.45, 7) is 14.1. The molecule has 2 aromatic rings. The number of benzene rings is 2. The Kier molecular flexibility index (Phi) is 6.07. The van der Waals surface area contributed by atoms with Gasteiger partial charge in [0.1, 0.15) is 11.4 Å². The molecule has 5 nitrogen and oxygen atoms in total. The highest BCUT2D eigenvalue weighted by atomic mass is 16.6. The minimum Gasteiger partial charge on any atom is -0.456 e. The number of carbonyl (C=O) groups is 3. The lowest BCUT2D eigenvalue weighted by atomic mass is 9.63. The SMILES string of the molecule is CC(C)(C)OC(=O)c1ccc(OC(=O)C(=O)c2ccc3c(c2)C(C)(C)CCC3(C)C)cc1. The van der Waals surface area contributed by atoms with Crippen LogP contribution in [-0.4, -0.2) is 23.3 Å². The van der Waals surface area contributed by atoms with Crippen molar-refractivity contribution in [3.8, 4) is 5.75 Å². The van der Waals surface area contributed by atoms with Crippen LogP contribution in [0, 0.1) is 0 Å². The lowest BCUT2D eigenvalue weighted by Gasteiger charge is -2.42. The molecule has 0 radical (unpaired) electrons. The van der Waals surface area contributed by atoms with Gasteiger partial charge < -0.3 is 9.47 Å². The summed E-state index contributed by atoms with van der Waals surface area (Å²) in [6.07, 6.45) is 2.08. The van der Waals surface area contributed by atoms with Gasteiger partial charge >= 0.3 is 11.9 Å². The standard InChI is InChI=1S/C27H32O5/c1-25(2,3)32-23(29)17-8-11-19(12-9-17)31-24(30)22(28)18-10-13-20-21(16-18)27(6,7)15-14-26(20,4)5/h8-13,16H,14-15H2,1-7H3. The van der Waals surface area contributed by atoms with Crippen molar-refractivity contribution in [3.05, 3.63) is 64.7 Å². The molecular weight excluding hydrogens is 404 g/mol. The van der Waals surface area contributed by atoms with Gasteiger partial charge in [0, 0.05) is 5.56 Å². The molecule has 0 saturated carbocycles. The smallest absolute Gasteiger partial charge is 0.385 e. The quantitative estimate of drug-likeness (QED) is 0.263. The van der Waals surface area contributed by atoms with E-state index in [0.29, 0.717) is 11.1 Å². The second kappa shape index (κ2) is 8.19. The molecule has 0 bridgehead atoms. The Morgan fingerprint density at radius 2 is 1.31 bits per heavy atom. The van der Waals surface area contributed by atoms with Gasteiger partial charge in [0.05, 0.1) is 5.56 Å². The third kappa shape index (κ3) is 5.09. The molecule has 32 heavy (non-hydrogen) atoms. The Labute approximate surface area is 190 Å². The number of esters is 2. The molecular formula is C27H32O5. The van der Waals surface area contributed by atoms with Gasteiger partial charge in [0.2, 0.25) is 0 Å². The summed E-state index contributed by atoms with van der Waals surface area (Å²) in [5.41, 5.74) is 2.35. The first kappa shape index (κ1) is 23.7. The predicted octanol–water partition coefficient (Wildman–Crippen LogP) is 5.78. The summed E-state index contributed by atoms with van der Waals surface area (Å²) in [6, 6.07) is 11.5. The summed E-state index contributed by atoms with van der Waals surface area (Å²) >= 11 is 0. The second-order valence-electron chi connectivity index (χ2n) is 10.8.